The first-order chi connectivity index (χ1) is 8.88. The lowest BCUT2D eigenvalue weighted by atomic mass is 10.2. The highest BCUT2D eigenvalue weighted by Crippen LogP contribution is 2.24. The number of ether oxygens (including phenoxy) is 2. The van der Waals surface area contributed by atoms with Crippen LogP contribution in [0.2, 0.25) is 0 Å². The number of anilines is 1. The summed E-state index contributed by atoms with van der Waals surface area (Å²) in [5.41, 5.74) is 1.12. The van der Waals surface area contributed by atoms with Gasteiger partial charge in [0.1, 0.15) is 5.82 Å². The Labute approximate surface area is 106 Å². The normalized spacial score (nSPS) is 20.5. The predicted molar refractivity (Wildman–Crippen MR) is 69.9 cm³/mol. The molecule has 5 nitrogen and oxygen atoms in total. The molecule has 96 valence electrons. The summed E-state index contributed by atoms with van der Waals surface area (Å²) in [6.07, 6.45) is 3.91. The molecule has 0 aliphatic carbocycles. The van der Waals surface area contributed by atoms with E-state index in [0.717, 1.165) is 36.4 Å². The Balaban J connectivity index is 1.87. The lowest BCUT2D eigenvalue weighted by Gasteiger charge is -2.33. The number of hydrogen-bond donors (Lipinski definition) is 1. The standard InChI is InChI=1S/C13H17N3O2/c1-17-9-10-8-16(6-7-18-10)13-11-2-4-14-12(11)3-5-15-13/h2-5,10,14H,6-9H2,1H3. The van der Waals surface area contributed by atoms with E-state index >= 15 is 0 Å². The van der Waals surface area contributed by atoms with Crippen LogP contribution in [0.3, 0.4) is 0 Å². The topological polar surface area (TPSA) is 50.4 Å². The van der Waals surface area contributed by atoms with Gasteiger partial charge in [0.2, 0.25) is 0 Å². The van der Waals surface area contributed by atoms with Crippen molar-refractivity contribution in [3.05, 3.63) is 24.5 Å². The molecule has 1 fully saturated rings. The van der Waals surface area contributed by atoms with Gasteiger partial charge in [-0.2, -0.15) is 0 Å². The lowest BCUT2D eigenvalue weighted by molar-refractivity contribution is -0.0101. The third kappa shape index (κ3) is 2.07. The minimum atomic E-state index is 0.125. The van der Waals surface area contributed by atoms with Gasteiger partial charge in [0.25, 0.3) is 0 Å². The maximum Gasteiger partial charge on any atom is 0.138 e. The smallest absolute Gasteiger partial charge is 0.138 e. The van der Waals surface area contributed by atoms with Gasteiger partial charge in [0, 0.05) is 38.0 Å². The van der Waals surface area contributed by atoms with Crippen LogP contribution in [0.5, 0.6) is 0 Å². The van der Waals surface area contributed by atoms with Crippen LogP contribution in [0.15, 0.2) is 24.5 Å². The molecule has 3 rings (SSSR count). The summed E-state index contributed by atoms with van der Waals surface area (Å²) in [5.74, 6) is 1.03. The number of nitrogens with one attached hydrogen (secondary N) is 1. The van der Waals surface area contributed by atoms with Gasteiger partial charge in [0.05, 0.1) is 24.8 Å². The van der Waals surface area contributed by atoms with Crippen molar-refractivity contribution in [1.82, 2.24) is 9.97 Å². The van der Waals surface area contributed by atoms with Crippen LogP contribution in [0.25, 0.3) is 10.9 Å². The van der Waals surface area contributed by atoms with Crippen molar-refractivity contribution in [2.45, 2.75) is 6.10 Å². The average Bonchev–Trinajstić information content (AvgIpc) is 2.87. The molecule has 18 heavy (non-hydrogen) atoms. The van der Waals surface area contributed by atoms with E-state index in [0.29, 0.717) is 6.61 Å². The van der Waals surface area contributed by atoms with Crippen LogP contribution in [0, 0.1) is 0 Å². The third-order valence-electron chi connectivity index (χ3n) is 3.25. The molecule has 1 N–H and O–H groups in total. The number of methoxy groups -OCH3 is 1. The van der Waals surface area contributed by atoms with Crippen molar-refractivity contribution < 1.29 is 9.47 Å². The third-order valence-corrected chi connectivity index (χ3v) is 3.25. The van der Waals surface area contributed by atoms with Gasteiger partial charge in [-0.1, -0.05) is 0 Å². The molecule has 0 amide bonds. The highest BCUT2D eigenvalue weighted by Gasteiger charge is 2.22. The molecule has 0 spiro atoms. The number of hydrogen-bond acceptors (Lipinski definition) is 4. The first kappa shape index (κ1) is 11.5. The molecule has 1 aliphatic heterocycles. The summed E-state index contributed by atoms with van der Waals surface area (Å²) < 4.78 is 10.8. The summed E-state index contributed by atoms with van der Waals surface area (Å²) >= 11 is 0. The maximum absolute atomic E-state index is 5.66. The Bertz CT molecular complexity index is 524. The fraction of sp³-hybridized carbons (Fsp3) is 0.462. The second kappa shape index (κ2) is 4.96. The number of aromatic amines is 1. The quantitative estimate of drug-likeness (QED) is 0.891. The highest BCUT2D eigenvalue weighted by molar-refractivity contribution is 5.90. The molecular formula is C13H17N3O2. The van der Waals surface area contributed by atoms with Gasteiger partial charge < -0.3 is 19.4 Å². The van der Waals surface area contributed by atoms with Gasteiger partial charge in [0.15, 0.2) is 0 Å². The highest BCUT2D eigenvalue weighted by atomic mass is 16.5. The zero-order valence-electron chi connectivity index (χ0n) is 10.4. The van der Waals surface area contributed by atoms with Crippen LogP contribution in [0.1, 0.15) is 0 Å². The van der Waals surface area contributed by atoms with E-state index in [1.54, 1.807) is 7.11 Å². The molecule has 2 aromatic rings. The second-order valence-corrected chi connectivity index (χ2v) is 4.47. The molecule has 0 radical (unpaired) electrons. The Morgan fingerprint density at radius 1 is 1.56 bits per heavy atom. The van der Waals surface area contributed by atoms with E-state index < -0.39 is 0 Å². The van der Waals surface area contributed by atoms with Crippen molar-refractivity contribution in [1.29, 1.82) is 0 Å². The summed E-state index contributed by atoms with van der Waals surface area (Å²) in [4.78, 5) is 9.99. The number of morpholine rings is 1. The molecule has 1 unspecified atom stereocenters. The number of H-pyrrole nitrogens is 1. The molecular weight excluding hydrogens is 230 g/mol. The Kier molecular flexibility index (Phi) is 3.17. The van der Waals surface area contributed by atoms with Crippen LogP contribution in [-0.2, 0) is 9.47 Å². The van der Waals surface area contributed by atoms with Gasteiger partial charge >= 0.3 is 0 Å². The second-order valence-electron chi connectivity index (χ2n) is 4.47. The Morgan fingerprint density at radius 2 is 2.50 bits per heavy atom. The fourth-order valence-corrected chi connectivity index (χ4v) is 2.42. The zero-order valence-corrected chi connectivity index (χ0v) is 10.4. The van der Waals surface area contributed by atoms with Crippen LogP contribution in [-0.4, -0.2) is 49.5 Å². The van der Waals surface area contributed by atoms with Crippen LogP contribution in [0.4, 0.5) is 5.82 Å². The van der Waals surface area contributed by atoms with Crippen molar-refractivity contribution in [2.75, 3.05) is 38.3 Å². The molecule has 0 aromatic carbocycles. The first-order valence-corrected chi connectivity index (χ1v) is 6.16. The van der Waals surface area contributed by atoms with E-state index in [9.17, 15) is 0 Å². The van der Waals surface area contributed by atoms with Crippen molar-refractivity contribution in [3.63, 3.8) is 0 Å². The van der Waals surface area contributed by atoms with Crippen molar-refractivity contribution >= 4 is 16.7 Å². The molecule has 0 bridgehead atoms. The Hall–Kier alpha value is -1.59. The molecule has 0 saturated carbocycles. The van der Waals surface area contributed by atoms with Crippen LogP contribution < -0.4 is 4.90 Å². The van der Waals surface area contributed by atoms with E-state index in [2.05, 4.69) is 20.9 Å². The number of rotatable bonds is 3. The molecule has 1 saturated heterocycles. The number of fused-ring (bicyclic) bond motifs is 1. The maximum atomic E-state index is 5.66. The lowest BCUT2D eigenvalue weighted by Crippen LogP contribution is -2.44. The van der Waals surface area contributed by atoms with Gasteiger partial charge in [-0.05, 0) is 12.1 Å². The largest absolute Gasteiger partial charge is 0.382 e. The van der Waals surface area contributed by atoms with Crippen molar-refractivity contribution in [2.24, 2.45) is 0 Å². The minimum Gasteiger partial charge on any atom is -0.382 e. The van der Waals surface area contributed by atoms with E-state index in [4.69, 9.17) is 9.47 Å². The monoisotopic (exact) mass is 247 g/mol. The van der Waals surface area contributed by atoms with Crippen LogP contribution >= 0.6 is 0 Å². The summed E-state index contributed by atoms with van der Waals surface area (Å²) in [6, 6.07) is 4.06. The molecule has 3 heterocycles. The fourth-order valence-electron chi connectivity index (χ4n) is 2.42. The minimum absolute atomic E-state index is 0.125. The first-order valence-electron chi connectivity index (χ1n) is 6.16. The summed E-state index contributed by atoms with van der Waals surface area (Å²) in [5, 5.41) is 1.16. The molecule has 5 heteroatoms. The summed E-state index contributed by atoms with van der Waals surface area (Å²) in [7, 11) is 1.70. The van der Waals surface area contributed by atoms with E-state index in [-0.39, 0.29) is 6.10 Å². The molecule has 1 aliphatic rings. The van der Waals surface area contributed by atoms with E-state index in [1.165, 1.54) is 0 Å². The number of aromatic nitrogens is 2. The SMILES string of the molecule is COCC1CN(c2nccc3[nH]ccc23)CCO1. The van der Waals surface area contributed by atoms with Gasteiger partial charge in [-0.3, -0.25) is 0 Å². The number of nitrogens with zero attached hydrogens (tertiary/aromatic N) is 2. The zero-order chi connectivity index (χ0) is 12.4. The molecule has 2 aromatic heterocycles. The molecule has 1 atom stereocenters. The van der Waals surface area contributed by atoms with E-state index in [1.807, 2.05) is 18.5 Å². The van der Waals surface area contributed by atoms with Gasteiger partial charge in [-0.25, -0.2) is 4.98 Å². The summed E-state index contributed by atoms with van der Waals surface area (Å²) in [6.45, 7) is 3.04. The Morgan fingerprint density at radius 3 is 3.39 bits per heavy atom. The van der Waals surface area contributed by atoms with Gasteiger partial charge in [-0.15, -0.1) is 0 Å². The average molecular weight is 247 g/mol. The number of pyridine rings is 1. The van der Waals surface area contributed by atoms with Crippen molar-refractivity contribution in [3.8, 4) is 0 Å². The predicted octanol–water partition coefficient (Wildman–Crippen LogP) is 1.41.